The molecule has 1 unspecified atom stereocenters. The number of hydrogen-bond acceptors (Lipinski definition) is 3. The van der Waals surface area contributed by atoms with Crippen LogP contribution in [0.25, 0.3) is 0 Å². The number of hydrogen-bond donors (Lipinski definition) is 1. The Kier molecular flexibility index (Phi) is 9.04. The van der Waals surface area contributed by atoms with E-state index in [9.17, 15) is 0 Å². The lowest BCUT2D eigenvalue weighted by Gasteiger charge is -2.42. The number of piperidine rings is 1. The molecule has 0 aromatic heterocycles. The zero-order chi connectivity index (χ0) is 18.0. The molecule has 0 aromatic carbocycles. The maximum atomic E-state index is 5.41. The van der Waals surface area contributed by atoms with Crippen molar-refractivity contribution < 1.29 is 4.74 Å². The second-order valence-electron chi connectivity index (χ2n) is 7.98. The molecule has 0 aromatic rings. The van der Waals surface area contributed by atoms with E-state index in [0.29, 0.717) is 5.41 Å². The van der Waals surface area contributed by atoms with Crippen molar-refractivity contribution in [3.05, 3.63) is 0 Å². The van der Waals surface area contributed by atoms with Gasteiger partial charge in [0.2, 0.25) is 0 Å². The number of nitrogens with zero attached hydrogens (tertiary/aromatic N) is 3. The summed E-state index contributed by atoms with van der Waals surface area (Å²) in [7, 11) is 0. The summed E-state index contributed by atoms with van der Waals surface area (Å²) in [6.07, 6.45) is 7.65. The van der Waals surface area contributed by atoms with Gasteiger partial charge in [-0.15, -0.1) is 0 Å². The summed E-state index contributed by atoms with van der Waals surface area (Å²) in [5.74, 6) is 1.14. The van der Waals surface area contributed by atoms with Crippen LogP contribution in [-0.4, -0.2) is 74.8 Å². The molecular weight excluding hydrogens is 312 g/mol. The van der Waals surface area contributed by atoms with E-state index in [1.807, 2.05) is 0 Å². The number of rotatable bonds is 8. The molecular formula is C20H40N4O. The van der Waals surface area contributed by atoms with E-state index in [4.69, 9.17) is 9.73 Å². The van der Waals surface area contributed by atoms with Gasteiger partial charge in [-0.2, -0.15) is 0 Å². The molecule has 0 spiro atoms. The van der Waals surface area contributed by atoms with Gasteiger partial charge in [-0.1, -0.05) is 20.3 Å². The van der Waals surface area contributed by atoms with Crippen molar-refractivity contribution in [3.8, 4) is 0 Å². The highest BCUT2D eigenvalue weighted by atomic mass is 16.5. The molecule has 2 rings (SSSR count). The first-order valence-corrected chi connectivity index (χ1v) is 10.5. The molecule has 1 N–H and O–H groups in total. The van der Waals surface area contributed by atoms with E-state index >= 15 is 0 Å². The van der Waals surface area contributed by atoms with E-state index in [-0.39, 0.29) is 0 Å². The molecule has 146 valence electrons. The van der Waals surface area contributed by atoms with Crippen molar-refractivity contribution in [1.29, 1.82) is 0 Å². The Balaban J connectivity index is 1.76. The topological polar surface area (TPSA) is 40.1 Å². The van der Waals surface area contributed by atoms with E-state index in [1.165, 1.54) is 45.1 Å². The van der Waals surface area contributed by atoms with E-state index < -0.39 is 0 Å². The fourth-order valence-electron chi connectivity index (χ4n) is 4.19. The minimum absolute atomic E-state index is 0.458. The number of nitrogens with one attached hydrogen (secondary N) is 1. The van der Waals surface area contributed by atoms with Crippen LogP contribution in [0, 0.1) is 5.41 Å². The molecule has 2 aliphatic heterocycles. The minimum Gasteiger partial charge on any atom is -0.379 e. The highest BCUT2D eigenvalue weighted by Gasteiger charge is 2.31. The third-order valence-electron chi connectivity index (χ3n) is 5.52. The van der Waals surface area contributed by atoms with E-state index in [1.54, 1.807) is 0 Å². The lowest BCUT2D eigenvalue weighted by atomic mass is 9.78. The number of unbranched alkanes of at least 4 members (excludes halogenated alkanes) is 1. The Morgan fingerprint density at radius 3 is 2.68 bits per heavy atom. The summed E-state index contributed by atoms with van der Waals surface area (Å²) in [6, 6.07) is 0. The molecule has 0 bridgehead atoms. The summed E-state index contributed by atoms with van der Waals surface area (Å²) < 4.78 is 5.41. The molecule has 5 nitrogen and oxygen atoms in total. The molecule has 5 heteroatoms. The Hall–Kier alpha value is -0.810. The fourth-order valence-corrected chi connectivity index (χ4v) is 4.19. The van der Waals surface area contributed by atoms with Gasteiger partial charge in [0.25, 0.3) is 0 Å². The van der Waals surface area contributed by atoms with Crippen LogP contribution in [0.1, 0.15) is 59.3 Å². The van der Waals surface area contributed by atoms with Crippen LogP contribution in [0.15, 0.2) is 4.99 Å². The van der Waals surface area contributed by atoms with Crippen LogP contribution in [0.4, 0.5) is 0 Å². The van der Waals surface area contributed by atoms with E-state index in [0.717, 1.165) is 58.4 Å². The maximum absolute atomic E-state index is 5.41. The summed E-state index contributed by atoms with van der Waals surface area (Å²) in [5, 5.41) is 3.52. The number of guanidine groups is 1. The average molecular weight is 353 g/mol. The van der Waals surface area contributed by atoms with Crippen molar-refractivity contribution in [2.45, 2.75) is 59.3 Å². The second-order valence-corrected chi connectivity index (χ2v) is 7.98. The Bertz CT molecular complexity index is 391. The van der Waals surface area contributed by atoms with Gasteiger partial charge < -0.3 is 15.0 Å². The van der Waals surface area contributed by atoms with Crippen LogP contribution in [0.2, 0.25) is 0 Å². The van der Waals surface area contributed by atoms with Crippen molar-refractivity contribution >= 4 is 5.96 Å². The number of aliphatic imine (C=N–C) groups is 1. The summed E-state index contributed by atoms with van der Waals surface area (Å²) >= 11 is 0. The smallest absolute Gasteiger partial charge is 0.193 e. The molecule has 0 radical (unpaired) electrons. The fraction of sp³-hybridized carbons (Fsp3) is 0.950. The Morgan fingerprint density at radius 1 is 1.16 bits per heavy atom. The molecule has 0 amide bonds. The van der Waals surface area contributed by atoms with Crippen LogP contribution < -0.4 is 5.32 Å². The largest absolute Gasteiger partial charge is 0.379 e. The predicted molar refractivity (Wildman–Crippen MR) is 106 cm³/mol. The molecule has 0 saturated carbocycles. The quantitative estimate of drug-likeness (QED) is 0.414. The van der Waals surface area contributed by atoms with E-state index in [2.05, 4.69) is 35.9 Å². The molecule has 0 aliphatic carbocycles. The van der Waals surface area contributed by atoms with Gasteiger partial charge in [0.1, 0.15) is 0 Å². The van der Waals surface area contributed by atoms with Crippen LogP contribution >= 0.6 is 0 Å². The van der Waals surface area contributed by atoms with Gasteiger partial charge >= 0.3 is 0 Å². The van der Waals surface area contributed by atoms with Gasteiger partial charge in [0.15, 0.2) is 5.96 Å². The van der Waals surface area contributed by atoms with Crippen molar-refractivity contribution in [3.63, 3.8) is 0 Å². The third kappa shape index (κ3) is 7.14. The zero-order valence-corrected chi connectivity index (χ0v) is 16.9. The summed E-state index contributed by atoms with van der Waals surface area (Å²) in [6.45, 7) is 16.3. The first kappa shape index (κ1) is 20.5. The normalized spacial score (nSPS) is 26.0. The highest BCUT2D eigenvalue weighted by molar-refractivity contribution is 5.80. The monoisotopic (exact) mass is 352 g/mol. The highest BCUT2D eigenvalue weighted by Crippen LogP contribution is 2.33. The molecule has 2 heterocycles. The van der Waals surface area contributed by atoms with Gasteiger partial charge in [0.05, 0.1) is 13.2 Å². The van der Waals surface area contributed by atoms with Gasteiger partial charge in [0, 0.05) is 39.3 Å². The van der Waals surface area contributed by atoms with Gasteiger partial charge in [-0.05, 0) is 51.0 Å². The second kappa shape index (κ2) is 11.0. The zero-order valence-electron chi connectivity index (χ0n) is 16.9. The predicted octanol–water partition coefficient (Wildman–Crippen LogP) is 2.97. The lowest BCUT2D eigenvalue weighted by Crippen LogP contribution is -2.49. The molecule has 2 aliphatic rings. The van der Waals surface area contributed by atoms with Crippen LogP contribution in [0.3, 0.4) is 0 Å². The Labute approximate surface area is 155 Å². The lowest BCUT2D eigenvalue weighted by molar-refractivity contribution is 0.0373. The molecule has 25 heavy (non-hydrogen) atoms. The third-order valence-corrected chi connectivity index (χ3v) is 5.52. The summed E-state index contributed by atoms with van der Waals surface area (Å²) in [4.78, 5) is 9.95. The van der Waals surface area contributed by atoms with Gasteiger partial charge in [-0.3, -0.25) is 9.89 Å². The van der Waals surface area contributed by atoms with Gasteiger partial charge in [-0.25, -0.2) is 0 Å². The Morgan fingerprint density at radius 2 is 1.96 bits per heavy atom. The minimum atomic E-state index is 0.458. The summed E-state index contributed by atoms with van der Waals surface area (Å²) in [5.41, 5.74) is 0.458. The molecule has 1 atom stereocenters. The maximum Gasteiger partial charge on any atom is 0.193 e. The van der Waals surface area contributed by atoms with Crippen molar-refractivity contribution in [1.82, 2.24) is 15.1 Å². The van der Waals surface area contributed by atoms with Crippen LogP contribution in [0.5, 0.6) is 0 Å². The average Bonchev–Trinajstić information content (AvgIpc) is 2.61. The first-order valence-electron chi connectivity index (χ1n) is 10.5. The van der Waals surface area contributed by atoms with Crippen LogP contribution in [-0.2, 0) is 4.74 Å². The SMILES string of the molecule is CCCC1(C)CCCN(C(=NCCCCN2CCOCC2)NCC)C1. The number of morpholine rings is 1. The number of likely N-dealkylation sites (tertiary alicyclic amines) is 1. The number of ether oxygens (including phenoxy) is 1. The van der Waals surface area contributed by atoms with Crippen molar-refractivity contribution in [2.75, 3.05) is 59.0 Å². The first-order chi connectivity index (χ1) is 12.2. The standard InChI is InChI=1S/C20H40N4O/c1-4-9-20(3)10-8-13-24(18-20)19(21-5-2)22-11-6-7-12-23-14-16-25-17-15-23/h4-18H2,1-3H3,(H,21,22). The molecule has 2 fully saturated rings. The molecule has 2 saturated heterocycles. The van der Waals surface area contributed by atoms with Crippen molar-refractivity contribution in [2.24, 2.45) is 10.4 Å².